The molecular weight excluding hydrogens is 343 g/mol. The number of benzene rings is 1. The summed E-state index contributed by atoms with van der Waals surface area (Å²) in [5.74, 6) is 0.122. The minimum absolute atomic E-state index is 0. The lowest BCUT2D eigenvalue weighted by Gasteiger charge is -2.28. The van der Waals surface area contributed by atoms with Gasteiger partial charge in [0.15, 0.2) is 0 Å². The van der Waals surface area contributed by atoms with Crippen LogP contribution in [0.2, 0.25) is 10.0 Å². The Morgan fingerprint density at radius 2 is 1.91 bits per heavy atom. The molecule has 1 amide bonds. The average molecular weight is 366 g/mol. The molecule has 2 unspecified atom stereocenters. The van der Waals surface area contributed by atoms with Crippen LogP contribution in [0.1, 0.15) is 38.7 Å². The minimum Gasteiger partial charge on any atom is -0.355 e. The van der Waals surface area contributed by atoms with Gasteiger partial charge in [0, 0.05) is 34.0 Å². The quantitative estimate of drug-likeness (QED) is 0.849. The van der Waals surface area contributed by atoms with Crippen molar-refractivity contribution in [3.05, 3.63) is 33.8 Å². The highest BCUT2D eigenvalue weighted by molar-refractivity contribution is 6.36. The summed E-state index contributed by atoms with van der Waals surface area (Å²) in [5.41, 5.74) is 6.41. The van der Waals surface area contributed by atoms with Crippen LogP contribution in [0.5, 0.6) is 0 Å². The fourth-order valence-corrected chi connectivity index (χ4v) is 3.85. The van der Waals surface area contributed by atoms with Crippen molar-refractivity contribution in [1.29, 1.82) is 0 Å². The third-order valence-electron chi connectivity index (χ3n) is 4.19. The first kappa shape index (κ1) is 19.6. The minimum atomic E-state index is -0.328. The van der Waals surface area contributed by atoms with E-state index in [0.29, 0.717) is 16.6 Å². The monoisotopic (exact) mass is 364 g/mol. The molecule has 2 atom stereocenters. The van der Waals surface area contributed by atoms with E-state index in [1.165, 1.54) is 0 Å². The van der Waals surface area contributed by atoms with Gasteiger partial charge in [-0.15, -0.1) is 12.4 Å². The van der Waals surface area contributed by atoms with Crippen molar-refractivity contribution < 1.29 is 4.79 Å². The summed E-state index contributed by atoms with van der Waals surface area (Å²) in [6.07, 6.45) is 2.58. The van der Waals surface area contributed by atoms with Gasteiger partial charge >= 0.3 is 0 Å². The lowest BCUT2D eigenvalue weighted by Crippen LogP contribution is -2.39. The van der Waals surface area contributed by atoms with E-state index in [0.717, 1.165) is 24.8 Å². The molecule has 1 fully saturated rings. The average Bonchev–Trinajstić information content (AvgIpc) is 2.82. The van der Waals surface area contributed by atoms with Gasteiger partial charge in [-0.2, -0.15) is 0 Å². The van der Waals surface area contributed by atoms with Crippen molar-refractivity contribution in [2.24, 2.45) is 11.7 Å². The first-order valence-corrected chi connectivity index (χ1v) is 8.04. The number of hydrogen-bond acceptors (Lipinski definition) is 2. The van der Waals surface area contributed by atoms with Gasteiger partial charge in [0.25, 0.3) is 0 Å². The van der Waals surface area contributed by atoms with Crippen molar-refractivity contribution in [1.82, 2.24) is 5.32 Å². The molecule has 0 radical (unpaired) electrons. The second kappa shape index (κ2) is 7.87. The zero-order chi connectivity index (χ0) is 15.6. The van der Waals surface area contributed by atoms with Gasteiger partial charge in [0.05, 0.1) is 0 Å². The van der Waals surface area contributed by atoms with Gasteiger partial charge in [-0.1, -0.05) is 43.1 Å². The highest BCUT2D eigenvalue weighted by atomic mass is 35.5. The van der Waals surface area contributed by atoms with Crippen LogP contribution in [0.4, 0.5) is 0 Å². The van der Waals surface area contributed by atoms with Crippen molar-refractivity contribution >= 4 is 41.5 Å². The van der Waals surface area contributed by atoms with Crippen LogP contribution in [0, 0.1) is 5.92 Å². The maximum absolute atomic E-state index is 12.2. The molecule has 1 aliphatic rings. The summed E-state index contributed by atoms with van der Waals surface area (Å²) >= 11 is 12.5. The van der Waals surface area contributed by atoms with E-state index in [4.69, 9.17) is 28.9 Å². The summed E-state index contributed by atoms with van der Waals surface area (Å²) < 4.78 is 0. The van der Waals surface area contributed by atoms with Crippen LogP contribution in [-0.4, -0.2) is 18.5 Å². The number of nitrogens with one attached hydrogen (secondary N) is 1. The molecule has 0 aliphatic heterocycles. The van der Waals surface area contributed by atoms with Gasteiger partial charge in [-0.3, -0.25) is 4.79 Å². The first-order chi connectivity index (χ1) is 9.81. The number of hydrogen-bond donors (Lipinski definition) is 2. The zero-order valence-electron chi connectivity index (χ0n) is 12.9. The largest absolute Gasteiger partial charge is 0.355 e. The van der Waals surface area contributed by atoms with E-state index < -0.39 is 0 Å². The number of carbonyl (C=O) groups is 1. The predicted octanol–water partition coefficient (Wildman–Crippen LogP) is 3.94. The molecule has 22 heavy (non-hydrogen) atoms. The van der Waals surface area contributed by atoms with E-state index in [9.17, 15) is 4.79 Å². The van der Waals surface area contributed by atoms with Gasteiger partial charge in [0.2, 0.25) is 5.91 Å². The molecule has 3 N–H and O–H groups in total. The molecule has 1 aliphatic carbocycles. The van der Waals surface area contributed by atoms with E-state index in [2.05, 4.69) is 5.32 Å². The Labute approximate surface area is 148 Å². The second-order valence-corrected chi connectivity index (χ2v) is 7.28. The van der Waals surface area contributed by atoms with Crippen LogP contribution in [0.25, 0.3) is 0 Å². The summed E-state index contributed by atoms with van der Waals surface area (Å²) in [7, 11) is 0. The van der Waals surface area contributed by atoms with Gasteiger partial charge in [0.1, 0.15) is 0 Å². The molecule has 3 nitrogen and oxygen atoms in total. The first-order valence-electron chi connectivity index (χ1n) is 7.29. The number of rotatable bonds is 4. The Morgan fingerprint density at radius 3 is 2.41 bits per heavy atom. The molecule has 2 rings (SSSR count). The van der Waals surface area contributed by atoms with Crippen LogP contribution < -0.4 is 11.1 Å². The predicted molar refractivity (Wildman–Crippen MR) is 95.1 cm³/mol. The van der Waals surface area contributed by atoms with Crippen LogP contribution >= 0.6 is 35.6 Å². The molecule has 0 heterocycles. The van der Waals surface area contributed by atoms with Gasteiger partial charge in [-0.05, 0) is 37.0 Å². The zero-order valence-corrected chi connectivity index (χ0v) is 15.2. The Morgan fingerprint density at radius 1 is 1.32 bits per heavy atom. The SMILES string of the molecule is CC(C)(CNC(=O)C1CCC(N)C1)c1c(Cl)cccc1Cl.Cl. The van der Waals surface area contributed by atoms with E-state index in [-0.39, 0.29) is 35.7 Å². The molecule has 0 saturated heterocycles. The fraction of sp³-hybridized carbons (Fsp3) is 0.562. The highest BCUT2D eigenvalue weighted by Crippen LogP contribution is 2.35. The van der Waals surface area contributed by atoms with Gasteiger partial charge in [-0.25, -0.2) is 0 Å². The lowest BCUT2D eigenvalue weighted by atomic mass is 9.84. The number of halogens is 3. The summed E-state index contributed by atoms with van der Waals surface area (Å²) in [5, 5.41) is 4.29. The standard InChI is InChI=1S/C16H22Cl2N2O.ClH/c1-16(2,14-12(17)4-3-5-13(14)18)9-20-15(21)10-6-7-11(19)8-10;/h3-5,10-11H,6-9,19H2,1-2H3,(H,20,21);1H. The number of amides is 1. The van der Waals surface area contributed by atoms with Crippen LogP contribution in [-0.2, 0) is 10.2 Å². The third kappa shape index (κ3) is 4.51. The Kier molecular flexibility index (Phi) is 7.00. The Hall–Kier alpha value is -0.480. The van der Waals surface area contributed by atoms with E-state index >= 15 is 0 Å². The van der Waals surface area contributed by atoms with Crippen molar-refractivity contribution in [2.45, 2.75) is 44.6 Å². The molecule has 0 bridgehead atoms. The summed E-state index contributed by atoms with van der Waals surface area (Å²) in [6.45, 7) is 4.56. The summed E-state index contributed by atoms with van der Waals surface area (Å²) in [4.78, 5) is 12.2. The van der Waals surface area contributed by atoms with Crippen molar-refractivity contribution in [3.63, 3.8) is 0 Å². The maximum atomic E-state index is 12.2. The van der Waals surface area contributed by atoms with Crippen molar-refractivity contribution in [3.8, 4) is 0 Å². The Balaban J connectivity index is 0.00000242. The molecule has 1 aromatic carbocycles. The normalized spacial score (nSPS) is 21.3. The van der Waals surface area contributed by atoms with E-state index in [1.54, 1.807) is 0 Å². The number of nitrogens with two attached hydrogens (primary N) is 1. The molecular formula is C16H23Cl3N2O. The molecule has 6 heteroatoms. The van der Waals surface area contributed by atoms with Gasteiger partial charge < -0.3 is 11.1 Å². The third-order valence-corrected chi connectivity index (χ3v) is 4.82. The molecule has 124 valence electrons. The topological polar surface area (TPSA) is 55.1 Å². The second-order valence-electron chi connectivity index (χ2n) is 6.47. The molecule has 1 aromatic rings. The summed E-state index contributed by atoms with van der Waals surface area (Å²) in [6, 6.07) is 5.62. The highest BCUT2D eigenvalue weighted by Gasteiger charge is 2.31. The number of carbonyl (C=O) groups excluding carboxylic acids is 1. The van der Waals surface area contributed by atoms with Crippen LogP contribution in [0.3, 0.4) is 0 Å². The van der Waals surface area contributed by atoms with Crippen LogP contribution in [0.15, 0.2) is 18.2 Å². The van der Waals surface area contributed by atoms with E-state index in [1.807, 2.05) is 32.0 Å². The fourth-order valence-electron chi connectivity index (χ4n) is 2.94. The molecule has 0 spiro atoms. The Bertz CT molecular complexity index is 514. The van der Waals surface area contributed by atoms with Crippen molar-refractivity contribution in [2.75, 3.05) is 6.54 Å². The lowest BCUT2D eigenvalue weighted by molar-refractivity contribution is -0.125. The smallest absolute Gasteiger partial charge is 0.223 e. The molecule has 1 saturated carbocycles. The maximum Gasteiger partial charge on any atom is 0.223 e. The molecule has 0 aromatic heterocycles.